The Morgan fingerprint density at radius 1 is 1.48 bits per heavy atom. The molecule has 21 heavy (non-hydrogen) atoms. The molecule has 0 saturated carbocycles. The summed E-state index contributed by atoms with van der Waals surface area (Å²) in [6, 6.07) is 0.809. The van der Waals surface area contributed by atoms with Crippen molar-refractivity contribution in [3.63, 3.8) is 0 Å². The fourth-order valence-corrected chi connectivity index (χ4v) is 3.24. The van der Waals surface area contributed by atoms with Crippen molar-refractivity contribution in [3.05, 3.63) is 17.2 Å². The van der Waals surface area contributed by atoms with Crippen LogP contribution >= 0.6 is 11.6 Å². The Labute approximate surface area is 131 Å². The average molecular weight is 313 g/mol. The molecule has 1 aromatic rings. The molecule has 0 spiro atoms. The van der Waals surface area contributed by atoms with E-state index in [9.17, 15) is 4.79 Å². The van der Waals surface area contributed by atoms with Gasteiger partial charge in [0.25, 0.3) is 0 Å². The van der Waals surface area contributed by atoms with Crippen molar-refractivity contribution in [3.8, 4) is 0 Å². The van der Waals surface area contributed by atoms with Crippen LogP contribution in [0.2, 0.25) is 5.15 Å². The SMILES string of the molecule is CNC1CCN(C(=O)CCc2ncc(Cl)n2C(C)C)CC1. The molecular weight excluding hydrogens is 288 g/mol. The van der Waals surface area contributed by atoms with E-state index < -0.39 is 0 Å². The monoisotopic (exact) mass is 312 g/mol. The minimum absolute atomic E-state index is 0.221. The van der Waals surface area contributed by atoms with Gasteiger partial charge in [-0.25, -0.2) is 4.98 Å². The summed E-state index contributed by atoms with van der Waals surface area (Å²) in [5.41, 5.74) is 0. The predicted molar refractivity (Wildman–Crippen MR) is 84.6 cm³/mol. The quantitative estimate of drug-likeness (QED) is 0.907. The minimum atomic E-state index is 0.221. The van der Waals surface area contributed by atoms with Crippen molar-refractivity contribution >= 4 is 17.5 Å². The Bertz CT molecular complexity index is 478. The number of rotatable bonds is 5. The lowest BCUT2D eigenvalue weighted by Crippen LogP contribution is -2.44. The Hall–Kier alpha value is -1.07. The van der Waals surface area contributed by atoms with E-state index in [1.54, 1.807) is 6.20 Å². The number of carbonyl (C=O) groups is 1. The second-order valence-electron chi connectivity index (χ2n) is 5.90. The molecule has 0 unspecified atom stereocenters. The number of nitrogens with one attached hydrogen (secondary N) is 1. The molecular formula is C15H25ClN4O. The highest BCUT2D eigenvalue weighted by molar-refractivity contribution is 6.29. The van der Waals surface area contributed by atoms with Gasteiger partial charge in [-0.1, -0.05) is 11.6 Å². The Kier molecular flexibility index (Phi) is 5.65. The molecule has 0 aliphatic carbocycles. The number of piperidine rings is 1. The molecule has 6 heteroatoms. The normalized spacial score (nSPS) is 16.7. The molecule has 118 valence electrons. The zero-order valence-electron chi connectivity index (χ0n) is 13.1. The van der Waals surface area contributed by atoms with Crippen LogP contribution in [0.15, 0.2) is 6.20 Å². The summed E-state index contributed by atoms with van der Waals surface area (Å²) in [5, 5.41) is 3.92. The highest BCUT2D eigenvalue weighted by atomic mass is 35.5. The zero-order valence-corrected chi connectivity index (χ0v) is 13.9. The molecule has 1 aliphatic heterocycles. The second-order valence-corrected chi connectivity index (χ2v) is 6.29. The smallest absolute Gasteiger partial charge is 0.223 e. The van der Waals surface area contributed by atoms with Gasteiger partial charge < -0.3 is 14.8 Å². The third-order valence-corrected chi connectivity index (χ3v) is 4.44. The van der Waals surface area contributed by atoms with E-state index in [0.29, 0.717) is 24.0 Å². The van der Waals surface area contributed by atoms with Gasteiger partial charge in [0.15, 0.2) is 0 Å². The van der Waals surface area contributed by atoms with Gasteiger partial charge >= 0.3 is 0 Å². The van der Waals surface area contributed by atoms with E-state index in [4.69, 9.17) is 11.6 Å². The van der Waals surface area contributed by atoms with Gasteiger partial charge in [-0.2, -0.15) is 0 Å². The van der Waals surface area contributed by atoms with E-state index in [2.05, 4.69) is 24.1 Å². The lowest BCUT2D eigenvalue weighted by Gasteiger charge is -2.31. The minimum Gasteiger partial charge on any atom is -0.343 e. The number of likely N-dealkylation sites (tertiary alicyclic amines) is 1. The Balaban J connectivity index is 1.87. The maximum Gasteiger partial charge on any atom is 0.223 e. The number of nitrogens with zero attached hydrogens (tertiary/aromatic N) is 3. The van der Waals surface area contributed by atoms with Crippen LogP contribution in [0.25, 0.3) is 0 Å². The predicted octanol–water partition coefficient (Wildman–Crippen LogP) is 2.26. The fraction of sp³-hybridized carbons (Fsp3) is 0.733. The summed E-state index contributed by atoms with van der Waals surface area (Å²) >= 11 is 6.13. The van der Waals surface area contributed by atoms with Crippen molar-refractivity contribution in [2.45, 2.75) is 51.6 Å². The third kappa shape index (κ3) is 3.98. The Morgan fingerprint density at radius 3 is 2.71 bits per heavy atom. The average Bonchev–Trinajstić information content (AvgIpc) is 2.86. The molecule has 1 aliphatic rings. The fourth-order valence-electron chi connectivity index (χ4n) is 2.90. The first-order chi connectivity index (χ1) is 10.0. The molecule has 2 heterocycles. The number of imidazole rings is 1. The first-order valence-electron chi connectivity index (χ1n) is 7.69. The van der Waals surface area contributed by atoms with Crippen LogP contribution < -0.4 is 5.32 Å². The number of hydrogen-bond acceptors (Lipinski definition) is 3. The van der Waals surface area contributed by atoms with Crippen molar-refractivity contribution in [1.29, 1.82) is 0 Å². The first-order valence-corrected chi connectivity index (χ1v) is 8.07. The molecule has 1 aromatic heterocycles. The number of halogens is 1. The van der Waals surface area contributed by atoms with Gasteiger partial charge in [0, 0.05) is 38.0 Å². The van der Waals surface area contributed by atoms with E-state index in [0.717, 1.165) is 31.8 Å². The first kappa shape index (κ1) is 16.3. The number of aromatic nitrogens is 2. The molecule has 1 N–H and O–H groups in total. The summed E-state index contributed by atoms with van der Waals surface area (Å²) in [7, 11) is 1.98. The molecule has 1 saturated heterocycles. The van der Waals surface area contributed by atoms with Crippen LogP contribution in [0, 0.1) is 0 Å². The number of carbonyl (C=O) groups excluding carboxylic acids is 1. The topological polar surface area (TPSA) is 50.2 Å². The van der Waals surface area contributed by atoms with Gasteiger partial charge in [-0.05, 0) is 33.7 Å². The van der Waals surface area contributed by atoms with E-state index >= 15 is 0 Å². The summed E-state index contributed by atoms with van der Waals surface area (Å²) in [4.78, 5) is 18.6. The van der Waals surface area contributed by atoms with Gasteiger partial charge in [0.1, 0.15) is 11.0 Å². The van der Waals surface area contributed by atoms with Crippen LogP contribution in [-0.4, -0.2) is 46.5 Å². The zero-order chi connectivity index (χ0) is 15.4. The van der Waals surface area contributed by atoms with Crippen LogP contribution in [-0.2, 0) is 11.2 Å². The van der Waals surface area contributed by atoms with Crippen LogP contribution in [0.1, 0.15) is 45.0 Å². The number of aryl methyl sites for hydroxylation is 1. The number of amides is 1. The summed E-state index contributed by atoms with van der Waals surface area (Å²) in [6.45, 7) is 5.84. The Morgan fingerprint density at radius 2 is 2.14 bits per heavy atom. The molecule has 2 rings (SSSR count). The highest BCUT2D eigenvalue weighted by Gasteiger charge is 2.22. The second kappa shape index (κ2) is 7.27. The lowest BCUT2D eigenvalue weighted by atomic mass is 10.0. The molecule has 1 fully saturated rings. The summed E-state index contributed by atoms with van der Waals surface area (Å²) < 4.78 is 1.99. The largest absolute Gasteiger partial charge is 0.343 e. The van der Waals surface area contributed by atoms with Crippen LogP contribution in [0.3, 0.4) is 0 Å². The van der Waals surface area contributed by atoms with Gasteiger partial charge in [-0.15, -0.1) is 0 Å². The van der Waals surface area contributed by atoms with Crippen molar-refractivity contribution in [2.75, 3.05) is 20.1 Å². The van der Waals surface area contributed by atoms with Gasteiger partial charge in [0.05, 0.1) is 6.20 Å². The lowest BCUT2D eigenvalue weighted by molar-refractivity contribution is -0.132. The van der Waals surface area contributed by atoms with E-state index in [1.165, 1.54) is 0 Å². The number of hydrogen-bond donors (Lipinski definition) is 1. The molecule has 0 atom stereocenters. The maximum absolute atomic E-state index is 12.3. The van der Waals surface area contributed by atoms with E-state index in [1.807, 2.05) is 16.5 Å². The van der Waals surface area contributed by atoms with Crippen LogP contribution in [0.4, 0.5) is 0 Å². The standard InChI is InChI=1S/C15H25ClN4O/c1-11(2)20-13(16)10-18-14(20)4-5-15(21)19-8-6-12(17-3)7-9-19/h10-12,17H,4-9H2,1-3H3. The molecule has 1 amide bonds. The van der Waals surface area contributed by atoms with Crippen LogP contribution in [0.5, 0.6) is 0 Å². The summed E-state index contributed by atoms with van der Waals surface area (Å²) in [6.07, 6.45) is 4.89. The molecule has 5 nitrogen and oxygen atoms in total. The highest BCUT2D eigenvalue weighted by Crippen LogP contribution is 2.20. The van der Waals surface area contributed by atoms with Crippen molar-refractivity contribution in [2.24, 2.45) is 0 Å². The van der Waals surface area contributed by atoms with Gasteiger partial charge in [0.2, 0.25) is 5.91 Å². The molecule has 0 aromatic carbocycles. The summed E-state index contributed by atoms with van der Waals surface area (Å²) in [5.74, 6) is 1.12. The molecule has 0 radical (unpaired) electrons. The molecule has 0 bridgehead atoms. The van der Waals surface area contributed by atoms with Crippen molar-refractivity contribution < 1.29 is 4.79 Å². The maximum atomic E-state index is 12.3. The van der Waals surface area contributed by atoms with Crippen molar-refractivity contribution in [1.82, 2.24) is 19.8 Å². The van der Waals surface area contributed by atoms with Gasteiger partial charge in [-0.3, -0.25) is 4.79 Å². The third-order valence-electron chi connectivity index (χ3n) is 4.16. The van der Waals surface area contributed by atoms with E-state index in [-0.39, 0.29) is 11.9 Å².